The molecule has 35 heavy (non-hydrogen) atoms. The van der Waals surface area contributed by atoms with Crippen LogP contribution in [0.4, 0.5) is 18.9 Å². The fraction of sp³-hybridized carbons (Fsp3) is 0.259. The Morgan fingerprint density at radius 2 is 1.69 bits per heavy atom. The number of rotatable bonds is 9. The highest BCUT2D eigenvalue weighted by Gasteiger charge is 2.30. The second-order valence-electron chi connectivity index (χ2n) is 8.12. The number of alkyl halides is 3. The molecule has 0 unspecified atom stereocenters. The molecule has 0 saturated heterocycles. The van der Waals surface area contributed by atoms with E-state index >= 15 is 0 Å². The van der Waals surface area contributed by atoms with Gasteiger partial charge in [-0.2, -0.15) is 13.2 Å². The fourth-order valence-corrected chi connectivity index (χ4v) is 3.67. The molecule has 0 heterocycles. The molecule has 5 nitrogen and oxygen atoms in total. The summed E-state index contributed by atoms with van der Waals surface area (Å²) in [5.74, 6) is -1.00. The highest BCUT2D eigenvalue weighted by atomic mass is 19.4. The lowest BCUT2D eigenvalue weighted by molar-refractivity contribution is -0.307. The molecule has 0 atom stereocenters. The van der Waals surface area contributed by atoms with Crippen LogP contribution in [-0.4, -0.2) is 18.5 Å². The van der Waals surface area contributed by atoms with Crippen molar-refractivity contribution in [1.29, 1.82) is 0 Å². The molecule has 0 fully saturated rings. The monoisotopic (exact) mass is 484 g/mol. The number of amides is 1. The van der Waals surface area contributed by atoms with E-state index in [0.717, 1.165) is 17.7 Å². The first-order chi connectivity index (χ1) is 16.6. The zero-order valence-electron chi connectivity index (χ0n) is 19.4. The van der Waals surface area contributed by atoms with Gasteiger partial charge in [-0.25, -0.2) is 0 Å². The maximum Gasteiger partial charge on any atom is 0.416 e. The first-order valence-electron chi connectivity index (χ1n) is 11.1. The van der Waals surface area contributed by atoms with Crippen molar-refractivity contribution in [1.82, 2.24) is 0 Å². The van der Waals surface area contributed by atoms with Crippen LogP contribution in [0.1, 0.15) is 36.5 Å². The van der Waals surface area contributed by atoms with E-state index in [-0.39, 0.29) is 12.5 Å². The number of hydrogen-bond acceptors (Lipinski definition) is 4. The SMILES string of the molecule is CCCC(=O)N(Cc1ccc(OCC(=O)[O-])c(C)c1)c1cccc(-c2ccc(C(F)(F)F)cc2)c1. The molecule has 0 aliphatic carbocycles. The molecule has 0 aliphatic heterocycles. The molecule has 0 N–H and O–H groups in total. The number of carbonyl (C=O) groups is 2. The number of carboxylic acids is 1. The van der Waals surface area contributed by atoms with E-state index in [1.807, 2.05) is 13.0 Å². The average molecular weight is 484 g/mol. The highest BCUT2D eigenvalue weighted by Crippen LogP contribution is 2.32. The predicted octanol–water partition coefficient (Wildman–Crippen LogP) is 5.14. The molecule has 0 saturated carbocycles. The third-order valence-corrected chi connectivity index (χ3v) is 5.39. The van der Waals surface area contributed by atoms with Crippen LogP contribution >= 0.6 is 0 Å². The minimum atomic E-state index is -4.41. The smallest absolute Gasteiger partial charge is 0.416 e. The van der Waals surface area contributed by atoms with Crippen LogP contribution in [0.5, 0.6) is 5.75 Å². The number of aryl methyl sites for hydroxylation is 1. The van der Waals surface area contributed by atoms with E-state index in [2.05, 4.69) is 0 Å². The van der Waals surface area contributed by atoms with Gasteiger partial charge in [0, 0.05) is 12.1 Å². The molecule has 0 aliphatic rings. The van der Waals surface area contributed by atoms with Crippen molar-refractivity contribution < 1.29 is 32.6 Å². The maximum absolute atomic E-state index is 13.0. The van der Waals surface area contributed by atoms with Crippen LogP contribution in [0, 0.1) is 6.92 Å². The largest absolute Gasteiger partial charge is 0.546 e. The van der Waals surface area contributed by atoms with Gasteiger partial charge in [-0.1, -0.05) is 43.3 Å². The number of carboxylic acid groups (broad SMARTS) is 1. The van der Waals surface area contributed by atoms with Gasteiger partial charge in [0.15, 0.2) is 0 Å². The van der Waals surface area contributed by atoms with E-state index < -0.39 is 24.3 Å². The van der Waals surface area contributed by atoms with Crippen LogP contribution in [0.2, 0.25) is 0 Å². The Hall–Kier alpha value is -3.81. The lowest BCUT2D eigenvalue weighted by Crippen LogP contribution is -2.30. The summed E-state index contributed by atoms with van der Waals surface area (Å²) in [7, 11) is 0. The van der Waals surface area contributed by atoms with Gasteiger partial charge in [-0.05, 0) is 65.9 Å². The molecule has 0 aromatic heterocycles. The number of hydrogen-bond donors (Lipinski definition) is 0. The number of benzene rings is 3. The minimum absolute atomic E-state index is 0.0907. The summed E-state index contributed by atoms with van der Waals surface area (Å²) < 4.78 is 43.9. The molecule has 3 aromatic carbocycles. The molecule has 0 bridgehead atoms. The number of nitrogens with zero attached hydrogens (tertiary/aromatic N) is 1. The van der Waals surface area contributed by atoms with Crippen molar-refractivity contribution in [3.8, 4) is 16.9 Å². The topological polar surface area (TPSA) is 69.7 Å². The summed E-state index contributed by atoms with van der Waals surface area (Å²) in [5, 5.41) is 10.7. The first kappa shape index (κ1) is 25.8. The van der Waals surface area contributed by atoms with Crippen molar-refractivity contribution in [2.24, 2.45) is 0 Å². The lowest BCUT2D eigenvalue weighted by atomic mass is 10.0. The second-order valence-corrected chi connectivity index (χ2v) is 8.12. The van der Waals surface area contributed by atoms with Crippen LogP contribution in [0.25, 0.3) is 11.1 Å². The van der Waals surface area contributed by atoms with Gasteiger partial charge < -0.3 is 19.5 Å². The molecule has 184 valence electrons. The van der Waals surface area contributed by atoms with Crippen molar-refractivity contribution in [2.45, 2.75) is 39.4 Å². The third kappa shape index (κ3) is 6.85. The molecule has 8 heteroatoms. The summed E-state index contributed by atoms with van der Waals surface area (Å²) in [6.45, 7) is 3.38. The molecule has 0 radical (unpaired) electrons. The van der Waals surface area contributed by atoms with E-state index in [1.54, 1.807) is 48.2 Å². The Labute approximate surface area is 201 Å². The van der Waals surface area contributed by atoms with Gasteiger partial charge in [-0.3, -0.25) is 4.79 Å². The number of carbonyl (C=O) groups excluding carboxylic acids is 2. The fourth-order valence-electron chi connectivity index (χ4n) is 3.67. The van der Waals surface area contributed by atoms with E-state index in [4.69, 9.17) is 4.74 Å². The standard InChI is InChI=1S/C27H26F3NO4/c1-3-5-25(32)31(16-19-8-13-24(18(2)14-19)35-17-26(33)34)23-7-4-6-21(15-23)20-9-11-22(12-10-20)27(28,29)30/h4,6-15H,3,5,16-17H2,1-2H3,(H,33,34)/p-1. The van der Waals surface area contributed by atoms with E-state index in [1.165, 1.54) is 12.1 Å². The number of aliphatic carboxylic acids is 1. The average Bonchev–Trinajstić information content (AvgIpc) is 2.81. The summed E-state index contributed by atoms with van der Waals surface area (Å²) in [6, 6.07) is 17.2. The van der Waals surface area contributed by atoms with Gasteiger partial charge in [0.05, 0.1) is 18.1 Å². The number of ether oxygens (including phenoxy) is 1. The Kier molecular flexibility index (Phi) is 8.17. The van der Waals surface area contributed by atoms with Crippen LogP contribution in [-0.2, 0) is 22.3 Å². The zero-order chi connectivity index (χ0) is 25.6. The quantitative estimate of drug-likeness (QED) is 0.422. The zero-order valence-corrected chi connectivity index (χ0v) is 19.4. The first-order valence-corrected chi connectivity index (χ1v) is 11.1. The maximum atomic E-state index is 13.0. The van der Waals surface area contributed by atoms with Crippen LogP contribution < -0.4 is 14.7 Å². The molecule has 0 spiro atoms. The van der Waals surface area contributed by atoms with Gasteiger partial charge in [0.2, 0.25) is 5.91 Å². The minimum Gasteiger partial charge on any atom is -0.546 e. The van der Waals surface area contributed by atoms with Crippen molar-refractivity contribution in [3.63, 3.8) is 0 Å². The van der Waals surface area contributed by atoms with Gasteiger partial charge in [0.1, 0.15) is 12.4 Å². The Morgan fingerprint density at radius 1 is 0.971 bits per heavy atom. The summed E-state index contributed by atoms with van der Waals surface area (Å²) in [5.41, 5.74) is 2.72. The van der Waals surface area contributed by atoms with Crippen molar-refractivity contribution >= 4 is 17.6 Å². The van der Waals surface area contributed by atoms with Crippen LogP contribution in [0.3, 0.4) is 0 Å². The van der Waals surface area contributed by atoms with Gasteiger partial charge in [0.25, 0.3) is 0 Å². The van der Waals surface area contributed by atoms with Gasteiger partial charge >= 0.3 is 6.18 Å². The predicted molar refractivity (Wildman–Crippen MR) is 125 cm³/mol. The number of anilines is 1. The third-order valence-electron chi connectivity index (χ3n) is 5.39. The van der Waals surface area contributed by atoms with E-state index in [9.17, 15) is 27.9 Å². The second kappa shape index (κ2) is 11.1. The highest BCUT2D eigenvalue weighted by molar-refractivity contribution is 5.94. The molecule has 3 rings (SSSR count). The van der Waals surface area contributed by atoms with E-state index in [0.29, 0.717) is 41.0 Å². The van der Waals surface area contributed by atoms with Crippen molar-refractivity contribution in [2.75, 3.05) is 11.5 Å². The summed E-state index contributed by atoms with van der Waals surface area (Å²) in [6.07, 6.45) is -3.42. The molecule has 3 aromatic rings. The molecule has 1 amide bonds. The van der Waals surface area contributed by atoms with Crippen molar-refractivity contribution in [3.05, 3.63) is 83.4 Å². The molecular formula is C27H25F3NO4-. The Morgan fingerprint density at radius 3 is 2.29 bits per heavy atom. The van der Waals surface area contributed by atoms with Crippen LogP contribution in [0.15, 0.2) is 66.7 Å². The summed E-state index contributed by atoms with van der Waals surface area (Å²) >= 11 is 0. The molecular weight excluding hydrogens is 459 g/mol. The van der Waals surface area contributed by atoms with Gasteiger partial charge in [-0.15, -0.1) is 0 Å². The summed E-state index contributed by atoms with van der Waals surface area (Å²) in [4.78, 5) is 25.3. The Bertz CT molecular complexity index is 1190. The number of halogens is 3. The lowest BCUT2D eigenvalue weighted by Gasteiger charge is -2.24. The normalized spacial score (nSPS) is 11.2. The Balaban J connectivity index is 1.89.